The van der Waals surface area contributed by atoms with Gasteiger partial charge in [0.25, 0.3) is 0 Å². The first-order valence-corrected chi connectivity index (χ1v) is 14.1. The van der Waals surface area contributed by atoms with Crippen molar-refractivity contribution in [3.63, 3.8) is 0 Å². The van der Waals surface area contributed by atoms with Crippen molar-refractivity contribution >= 4 is 21.8 Å². The largest absolute Gasteiger partial charge is 0.573 e. The second-order valence-corrected chi connectivity index (χ2v) is 11.2. The van der Waals surface area contributed by atoms with Crippen molar-refractivity contribution in [1.29, 1.82) is 0 Å². The molecule has 4 rings (SSSR count). The lowest BCUT2D eigenvalue weighted by molar-refractivity contribution is -0.274. The Labute approximate surface area is 234 Å². The van der Waals surface area contributed by atoms with Crippen LogP contribution in [0, 0.1) is 0 Å². The molecule has 0 radical (unpaired) electrons. The molecule has 3 aromatic rings. The highest BCUT2D eigenvalue weighted by Crippen LogP contribution is 2.27. The fraction of sp³-hybridized carbons (Fsp3) is 0.400. The van der Waals surface area contributed by atoms with Crippen LogP contribution in [-0.4, -0.2) is 81.7 Å². The normalized spacial score (nSPS) is 16.4. The van der Waals surface area contributed by atoms with Crippen molar-refractivity contribution in [2.24, 2.45) is 0 Å². The van der Waals surface area contributed by atoms with Gasteiger partial charge in [-0.1, -0.05) is 37.6 Å². The molecule has 16 heteroatoms. The number of nitrogens with one attached hydrogen (secondary N) is 1. The maximum atomic E-state index is 13.6. The van der Waals surface area contributed by atoms with E-state index < -0.39 is 40.0 Å². The summed E-state index contributed by atoms with van der Waals surface area (Å²) in [4.78, 5) is 27.3. The number of hydrogen-bond donors (Lipinski definition) is 1. The van der Waals surface area contributed by atoms with E-state index in [1.165, 1.54) is 15.9 Å². The van der Waals surface area contributed by atoms with E-state index in [-0.39, 0.29) is 37.6 Å². The van der Waals surface area contributed by atoms with E-state index in [9.17, 15) is 31.2 Å². The van der Waals surface area contributed by atoms with Crippen LogP contribution >= 0.6 is 0 Å². The number of hydrogen-bond acceptors (Lipinski definition) is 8. The van der Waals surface area contributed by atoms with Gasteiger partial charge in [-0.05, 0) is 52.2 Å². The topological polar surface area (TPSA) is 140 Å². The Hall–Kier alpha value is -4.05. The Balaban J connectivity index is 1.53. The summed E-state index contributed by atoms with van der Waals surface area (Å²) in [6.45, 7) is 1.47. The molecule has 1 aliphatic heterocycles. The minimum absolute atomic E-state index is 0.0296. The zero-order valence-electron chi connectivity index (χ0n) is 22.0. The van der Waals surface area contributed by atoms with Gasteiger partial charge in [-0.2, -0.15) is 4.31 Å². The molecule has 0 bridgehead atoms. The molecular formula is C25H28F3N7O5S. The number of nitrogens with zero attached hydrogens (tertiary/aromatic N) is 6. The van der Waals surface area contributed by atoms with Gasteiger partial charge in [-0.15, -0.1) is 18.3 Å². The van der Waals surface area contributed by atoms with Gasteiger partial charge >= 0.3 is 6.36 Å². The molecule has 1 saturated heterocycles. The standard InChI is InChI=1S/C25H28F3N7O5S/c1-2-3-18-4-6-19(7-5-18)14-29-24(37)22-15-33(23(36)16-34-17-30-31-32-34)12-13-35(22)41(38,39)21-10-8-20(9-11-21)40-25(26,27)28/h4-11,17,22H,2-3,12-16H2,1H3,(H,29,37)/t22-/m1/s1. The van der Waals surface area contributed by atoms with Crippen LogP contribution in [0.4, 0.5) is 13.2 Å². The number of aryl methyl sites for hydroxylation is 1. The number of halogens is 3. The van der Waals surface area contributed by atoms with Gasteiger partial charge in [0.2, 0.25) is 21.8 Å². The molecule has 1 aliphatic rings. The van der Waals surface area contributed by atoms with Gasteiger partial charge in [0, 0.05) is 26.2 Å². The Kier molecular flexibility index (Phi) is 9.22. The fourth-order valence-electron chi connectivity index (χ4n) is 4.35. The molecule has 2 aromatic carbocycles. The summed E-state index contributed by atoms with van der Waals surface area (Å²) in [5.74, 6) is -1.65. The number of carbonyl (C=O) groups is 2. The number of rotatable bonds is 10. The molecule has 1 aromatic heterocycles. The third-order valence-corrected chi connectivity index (χ3v) is 8.29. The quantitative estimate of drug-likeness (QED) is 0.374. The molecule has 41 heavy (non-hydrogen) atoms. The molecule has 0 unspecified atom stereocenters. The molecule has 220 valence electrons. The number of tetrazole rings is 1. The first-order valence-electron chi connectivity index (χ1n) is 12.7. The Morgan fingerprint density at radius 3 is 2.34 bits per heavy atom. The highest BCUT2D eigenvalue weighted by atomic mass is 32.2. The second-order valence-electron chi connectivity index (χ2n) is 9.28. The summed E-state index contributed by atoms with van der Waals surface area (Å²) in [7, 11) is -4.35. The fourth-order valence-corrected chi connectivity index (χ4v) is 5.92. The minimum Gasteiger partial charge on any atom is -0.406 e. The number of carbonyl (C=O) groups excluding carboxylic acids is 2. The summed E-state index contributed by atoms with van der Waals surface area (Å²) >= 11 is 0. The third kappa shape index (κ3) is 7.79. The zero-order chi connectivity index (χ0) is 29.6. The third-order valence-electron chi connectivity index (χ3n) is 6.37. The monoisotopic (exact) mass is 595 g/mol. The number of alkyl halides is 3. The maximum absolute atomic E-state index is 13.6. The van der Waals surface area contributed by atoms with Gasteiger partial charge in [-0.25, -0.2) is 13.1 Å². The highest BCUT2D eigenvalue weighted by Gasteiger charge is 2.41. The van der Waals surface area contributed by atoms with Crippen LogP contribution < -0.4 is 10.1 Å². The zero-order valence-corrected chi connectivity index (χ0v) is 22.8. The van der Waals surface area contributed by atoms with Crippen molar-refractivity contribution < 1.29 is 35.9 Å². The first kappa shape index (κ1) is 29.9. The summed E-state index contributed by atoms with van der Waals surface area (Å²) in [6, 6.07) is 10.0. The molecule has 0 saturated carbocycles. The summed E-state index contributed by atoms with van der Waals surface area (Å²) < 4.78 is 70.7. The molecular weight excluding hydrogens is 567 g/mol. The van der Waals surface area contributed by atoms with E-state index >= 15 is 0 Å². The van der Waals surface area contributed by atoms with Crippen LogP contribution in [0.15, 0.2) is 59.8 Å². The van der Waals surface area contributed by atoms with Crippen molar-refractivity contribution in [2.75, 3.05) is 19.6 Å². The van der Waals surface area contributed by atoms with E-state index in [2.05, 4.69) is 32.5 Å². The van der Waals surface area contributed by atoms with Gasteiger partial charge in [0.05, 0.1) is 4.90 Å². The Morgan fingerprint density at radius 2 is 1.73 bits per heavy atom. The van der Waals surface area contributed by atoms with Gasteiger partial charge < -0.3 is 15.0 Å². The van der Waals surface area contributed by atoms with Crippen molar-refractivity contribution in [3.05, 3.63) is 66.0 Å². The molecule has 1 fully saturated rings. The lowest BCUT2D eigenvalue weighted by Crippen LogP contribution is -2.61. The second kappa shape index (κ2) is 12.6. The Bertz CT molecular complexity index is 1430. The number of piperazine rings is 1. The van der Waals surface area contributed by atoms with Crippen LogP contribution in [0.5, 0.6) is 5.75 Å². The van der Waals surface area contributed by atoms with Gasteiger partial charge in [-0.3, -0.25) is 9.59 Å². The molecule has 1 N–H and O–H groups in total. The van der Waals surface area contributed by atoms with Crippen molar-refractivity contribution in [2.45, 2.75) is 50.2 Å². The molecule has 0 aliphatic carbocycles. The van der Waals surface area contributed by atoms with E-state index in [1.807, 2.05) is 24.3 Å². The average molecular weight is 596 g/mol. The molecule has 2 amide bonds. The van der Waals surface area contributed by atoms with Crippen LogP contribution in [-0.2, 0) is 39.1 Å². The van der Waals surface area contributed by atoms with Crippen LogP contribution in [0.3, 0.4) is 0 Å². The number of sulfonamides is 1. The molecule has 1 atom stereocenters. The van der Waals surface area contributed by atoms with Crippen molar-refractivity contribution in [1.82, 2.24) is 34.7 Å². The number of benzene rings is 2. The van der Waals surface area contributed by atoms with E-state index in [0.29, 0.717) is 0 Å². The SMILES string of the molecule is CCCc1ccc(CNC(=O)[C@H]2CN(C(=O)Cn3cnnn3)CCN2S(=O)(=O)c2ccc(OC(F)(F)F)cc2)cc1. The first-order chi connectivity index (χ1) is 19.5. The smallest absolute Gasteiger partial charge is 0.406 e. The molecule has 0 spiro atoms. The lowest BCUT2D eigenvalue weighted by Gasteiger charge is -2.39. The number of ether oxygens (including phenoxy) is 1. The average Bonchev–Trinajstić information content (AvgIpc) is 3.45. The summed E-state index contributed by atoms with van der Waals surface area (Å²) in [6.07, 6.45) is -1.78. The number of aromatic nitrogens is 4. The van der Waals surface area contributed by atoms with Crippen LogP contribution in [0.1, 0.15) is 24.5 Å². The summed E-state index contributed by atoms with van der Waals surface area (Å²) in [5.41, 5.74) is 1.95. The Morgan fingerprint density at radius 1 is 1.05 bits per heavy atom. The molecule has 12 nitrogen and oxygen atoms in total. The van der Waals surface area contributed by atoms with E-state index in [1.54, 1.807) is 0 Å². The van der Waals surface area contributed by atoms with Gasteiger partial charge in [0.1, 0.15) is 24.7 Å². The predicted octanol–water partition coefficient (Wildman–Crippen LogP) is 1.74. The van der Waals surface area contributed by atoms with Gasteiger partial charge in [0.15, 0.2) is 0 Å². The number of amides is 2. The lowest BCUT2D eigenvalue weighted by atomic mass is 10.1. The van der Waals surface area contributed by atoms with Crippen molar-refractivity contribution in [3.8, 4) is 5.75 Å². The highest BCUT2D eigenvalue weighted by molar-refractivity contribution is 7.89. The predicted molar refractivity (Wildman–Crippen MR) is 137 cm³/mol. The van der Waals surface area contributed by atoms with Crippen LogP contribution in [0.25, 0.3) is 0 Å². The minimum atomic E-state index is -4.94. The molecule has 2 heterocycles. The summed E-state index contributed by atoms with van der Waals surface area (Å²) in [5, 5.41) is 13.3. The van der Waals surface area contributed by atoms with Crippen LogP contribution in [0.2, 0.25) is 0 Å². The van der Waals surface area contributed by atoms with E-state index in [0.717, 1.165) is 52.5 Å². The maximum Gasteiger partial charge on any atom is 0.573 e. The van der Waals surface area contributed by atoms with E-state index in [4.69, 9.17) is 0 Å².